The third-order valence-electron chi connectivity index (χ3n) is 7.25. The van der Waals surface area contributed by atoms with Crippen LogP contribution in [0, 0.1) is 0 Å². The average Bonchev–Trinajstić information content (AvgIpc) is 3.53. The van der Waals surface area contributed by atoms with E-state index in [0.717, 1.165) is 30.6 Å². The van der Waals surface area contributed by atoms with E-state index in [9.17, 15) is 46.6 Å². The number of hydrogen-bond acceptors (Lipinski definition) is 17. The summed E-state index contributed by atoms with van der Waals surface area (Å²) in [5.74, 6) is -0.537. The third-order valence-corrected chi connectivity index (χ3v) is 11.1. The number of aliphatic imine (C=N–C) groups is 3. The van der Waals surface area contributed by atoms with Gasteiger partial charge in [-0.1, -0.05) is 24.3 Å². The van der Waals surface area contributed by atoms with Crippen molar-refractivity contribution in [1.29, 1.82) is 0 Å². The summed E-state index contributed by atoms with van der Waals surface area (Å²) < 4.78 is 91.7. The Morgan fingerprint density at radius 1 is 1.10 bits per heavy atom. The van der Waals surface area contributed by atoms with E-state index in [0.29, 0.717) is 0 Å². The van der Waals surface area contributed by atoms with E-state index in [1.165, 1.54) is 4.90 Å². The molecule has 4 aliphatic heterocycles. The number of Topliss-reactive ketones (excluding diaryl/α,β-unsaturated/α-hetero) is 1. The monoisotopic (exact) mass is 748 g/mol. The molecule has 4 aliphatic rings. The molecule has 5 rings (SSSR count). The van der Waals surface area contributed by atoms with Crippen molar-refractivity contribution >= 4 is 47.1 Å². The fourth-order valence-electron chi connectivity index (χ4n) is 4.99. The fraction of sp³-hybridized carbons (Fsp3) is 0.524. The van der Waals surface area contributed by atoms with Crippen LogP contribution in [-0.2, 0) is 37.2 Å². The van der Waals surface area contributed by atoms with E-state index in [4.69, 9.17) is 26.0 Å². The standard InChI is InChI=1S/C21H26F3N8O13P3/c22-21(23,24)20(30-31-20)11-3-1-10(2-4-11)16(34)12(25)6-19(26)17-18(27-8-29-19)32(9-28-17)15-5-13(33)14(43-15)7-42-47(38,39)45-48(40,41)44-46(35,36)37/h1-4,8,12-15,33H,5-7,9,25-26H2,(H,38,39)(H,40,41)(H2,35,36,37)/t12?,13-,14+,15+,19?/m0/s1. The van der Waals surface area contributed by atoms with Crippen molar-refractivity contribution in [2.24, 2.45) is 36.7 Å². The molecule has 1 aromatic carbocycles. The number of phosphoric ester groups is 1. The summed E-state index contributed by atoms with van der Waals surface area (Å²) in [7, 11) is -16.8. The van der Waals surface area contributed by atoms with Crippen molar-refractivity contribution in [2.75, 3.05) is 13.3 Å². The van der Waals surface area contributed by atoms with Gasteiger partial charge in [-0.05, 0) is 0 Å². The van der Waals surface area contributed by atoms with Gasteiger partial charge in [-0.3, -0.25) is 14.3 Å². The highest BCUT2D eigenvalue weighted by atomic mass is 31.3. The maximum atomic E-state index is 13.3. The lowest BCUT2D eigenvalue weighted by molar-refractivity contribution is -0.166. The summed E-state index contributed by atoms with van der Waals surface area (Å²) in [5, 5.41) is 16.7. The second-order valence-corrected chi connectivity index (χ2v) is 15.1. The Balaban J connectivity index is 1.18. The van der Waals surface area contributed by atoms with Crippen molar-refractivity contribution in [3.8, 4) is 0 Å². The molecular weight excluding hydrogens is 722 g/mol. The van der Waals surface area contributed by atoms with Crippen molar-refractivity contribution < 1.29 is 74.2 Å². The molecule has 1 saturated heterocycles. The first kappa shape index (κ1) is 36.6. The second kappa shape index (κ2) is 12.6. The van der Waals surface area contributed by atoms with E-state index in [-0.39, 0.29) is 42.2 Å². The molecule has 9 N–H and O–H groups in total. The number of ketones is 1. The molecule has 7 atom stereocenters. The van der Waals surface area contributed by atoms with E-state index < -0.39 is 77.8 Å². The summed E-state index contributed by atoms with van der Waals surface area (Å²) in [6, 6.07) is 3.16. The average molecular weight is 748 g/mol. The Morgan fingerprint density at radius 2 is 1.75 bits per heavy atom. The fourth-order valence-corrected chi connectivity index (χ4v) is 8.02. The van der Waals surface area contributed by atoms with Gasteiger partial charge in [0.15, 0.2) is 17.3 Å². The molecule has 0 bridgehead atoms. The van der Waals surface area contributed by atoms with Crippen molar-refractivity contribution in [2.45, 2.75) is 54.8 Å². The lowest BCUT2D eigenvalue weighted by Crippen LogP contribution is -2.57. The molecular formula is C21H26F3N8O13P3. The highest BCUT2D eigenvalue weighted by Gasteiger charge is 2.65. The molecule has 0 saturated carbocycles. The van der Waals surface area contributed by atoms with Crippen molar-refractivity contribution in [1.82, 2.24) is 4.90 Å². The number of benzene rings is 1. The first-order chi connectivity index (χ1) is 22.0. The maximum Gasteiger partial charge on any atom is 0.490 e. The first-order valence-electron chi connectivity index (χ1n) is 13.3. The molecule has 0 radical (unpaired) electrons. The van der Waals surface area contributed by atoms with Crippen LogP contribution in [0.25, 0.3) is 0 Å². The molecule has 4 heterocycles. The number of nitrogens with zero attached hydrogens (tertiary/aromatic N) is 6. The topological polar surface area (TPSA) is 323 Å². The number of carbonyl (C=O) groups is 1. The van der Waals surface area contributed by atoms with E-state index in [1.54, 1.807) is 0 Å². The zero-order valence-electron chi connectivity index (χ0n) is 23.8. The zero-order valence-corrected chi connectivity index (χ0v) is 26.5. The van der Waals surface area contributed by atoms with Crippen LogP contribution in [-0.4, -0.2) is 103 Å². The highest BCUT2D eigenvalue weighted by Crippen LogP contribution is 2.66. The molecule has 0 amide bonds. The van der Waals surface area contributed by atoms with Crippen LogP contribution < -0.4 is 11.5 Å². The minimum Gasteiger partial charge on any atom is -0.390 e. The molecule has 0 aliphatic carbocycles. The molecule has 1 aromatic rings. The maximum absolute atomic E-state index is 13.3. The first-order valence-corrected chi connectivity index (χ1v) is 17.8. The number of rotatable bonds is 13. The largest absolute Gasteiger partial charge is 0.490 e. The molecule has 264 valence electrons. The Hall–Kier alpha value is -2.66. The summed E-state index contributed by atoms with van der Waals surface area (Å²) in [5.41, 5.74) is 8.10. The second-order valence-electron chi connectivity index (χ2n) is 10.7. The number of ether oxygens (including phenoxy) is 1. The Labute approximate surface area is 266 Å². The number of nitrogens with two attached hydrogens (primary N) is 2. The number of aliphatic hydroxyl groups excluding tert-OH is 1. The van der Waals surface area contributed by atoms with Gasteiger partial charge in [0.05, 0.1) is 18.8 Å². The third kappa shape index (κ3) is 7.72. The molecule has 4 unspecified atom stereocenters. The smallest absolute Gasteiger partial charge is 0.390 e. The van der Waals surface area contributed by atoms with Gasteiger partial charge in [0.1, 0.15) is 31.1 Å². The van der Waals surface area contributed by atoms with Gasteiger partial charge in [-0.15, -0.1) is 10.2 Å². The Kier molecular flexibility index (Phi) is 9.60. The van der Waals surface area contributed by atoms with Crippen LogP contribution in [0.2, 0.25) is 0 Å². The number of amidine groups is 1. The van der Waals surface area contributed by atoms with Gasteiger partial charge in [-0.2, -0.15) is 21.8 Å². The van der Waals surface area contributed by atoms with Crippen LogP contribution in [0.15, 0.2) is 49.5 Å². The lowest BCUT2D eigenvalue weighted by Gasteiger charge is -2.32. The Morgan fingerprint density at radius 3 is 2.33 bits per heavy atom. The summed E-state index contributed by atoms with van der Waals surface area (Å²) in [6.45, 7) is -1.05. The SMILES string of the molecule is NC(CC1(N)N=CN=C2C1=NCN2[C@H]1C[C@H](O)[C@@H](COP(=O)(O)OP(=O)(O)OP(=O)(O)O)O1)C(=O)c1ccc(C2(C(F)(F)F)N=N2)cc1. The van der Waals surface area contributed by atoms with Crippen LogP contribution in [0.5, 0.6) is 0 Å². The number of hydrogen-bond donors (Lipinski definition) is 7. The number of phosphoric acid groups is 3. The number of aliphatic hydroxyl groups is 1. The van der Waals surface area contributed by atoms with E-state index in [1.807, 2.05) is 0 Å². The number of carbonyl (C=O) groups excluding carboxylic acids is 1. The summed E-state index contributed by atoms with van der Waals surface area (Å²) in [4.78, 5) is 63.4. The van der Waals surface area contributed by atoms with Gasteiger partial charge in [-0.25, -0.2) is 23.7 Å². The predicted molar refractivity (Wildman–Crippen MR) is 152 cm³/mol. The molecule has 48 heavy (non-hydrogen) atoms. The van der Waals surface area contributed by atoms with Gasteiger partial charge >= 0.3 is 35.3 Å². The minimum absolute atomic E-state index is 0.00737. The summed E-state index contributed by atoms with van der Waals surface area (Å²) >= 11 is 0. The number of halogens is 3. The number of alkyl halides is 3. The van der Waals surface area contributed by atoms with Gasteiger partial charge in [0, 0.05) is 24.0 Å². The molecule has 21 nitrogen and oxygen atoms in total. The van der Waals surface area contributed by atoms with Crippen molar-refractivity contribution in [3.63, 3.8) is 0 Å². The quantitative estimate of drug-likeness (QED) is 0.106. The summed E-state index contributed by atoms with van der Waals surface area (Å²) in [6.07, 6.45) is -7.81. The molecule has 27 heteroatoms. The van der Waals surface area contributed by atoms with Crippen LogP contribution in [0.3, 0.4) is 0 Å². The van der Waals surface area contributed by atoms with E-state index in [2.05, 4.69) is 38.4 Å². The molecule has 0 spiro atoms. The molecule has 1 fully saturated rings. The number of fused-ring (bicyclic) bond motifs is 1. The normalized spacial score (nSPS) is 29.5. The van der Waals surface area contributed by atoms with E-state index >= 15 is 0 Å². The van der Waals surface area contributed by atoms with Crippen LogP contribution in [0.4, 0.5) is 13.2 Å². The van der Waals surface area contributed by atoms with Gasteiger partial charge in [0.25, 0.3) is 0 Å². The van der Waals surface area contributed by atoms with Crippen molar-refractivity contribution in [3.05, 3.63) is 35.4 Å². The Bertz CT molecular complexity index is 1730. The van der Waals surface area contributed by atoms with Gasteiger partial charge < -0.3 is 45.8 Å². The van der Waals surface area contributed by atoms with Gasteiger partial charge in [0.2, 0.25) is 0 Å². The molecule has 0 aromatic heterocycles. The van der Waals surface area contributed by atoms with Crippen LogP contribution >= 0.6 is 23.5 Å². The lowest BCUT2D eigenvalue weighted by atomic mass is 9.90. The minimum atomic E-state index is -5.76. The van der Waals surface area contributed by atoms with Crippen LogP contribution in [0.1, 0.15) is 28.8 Å². The highest BCUT2D eigenvalue weighted by molar-refractivity contribution is 7.66. The predicted octanol–water partition coefficient (Wildman–Crippen LogP) is 0.396. The zero-order chi connectivity index (χ0) is 35.5.